The number of phenolic OH excluding ortho intramolecular Hbond substituents is 2. The third kappa shape index (κ3) is 4.19. The van der Waals surface area contributed by atoms with E-state index in [9.17, 15) is 10.2 Å². The predicted molar refractivity (Wildman–Crippen MR) is 138 cm³/mol. The minimum absolute atomic E-state index is 0.284. The van der Waals surface area contributed by atoms with Gasteiger partial charge < -0.3 is 14.8 Å². The SMILES string of the molecule is CCCCCCn1c2cc(-c3ccc(O)cc3)ccc2c2ccc(-c3ccc(O)cc3)cc21. The van der Waals surface area contributed by atoms with Crippen LogP contribution in [0.1, 0.15) is 32.6 Å². The predicted octanol–water partition coefficient (Wildman–Crippen LogP) is 8.12. The first-order chi connectivity index (χ1) is 16.1. The Morgan fingerprint density at radius 1 is 0.545 bits per heavy atom. The highest BCUT2D eigenvalue weighted by atomic mass is 16.3. The molecule has 0 fully saturated rings. The molecule has 5 aromatic rings. The van der Waals surface area contributed by atoms with Crippen molar-refractivity contribution in [2.45, 2.75) is 39.2 Å². The van der Waals surface area contributed by atoms with Crippen LogP contribution in [0.4, 0.5) is 0 Å². The summed E-state index contributed by atoms with van der Waals surface area (Å²) in [7, 11) is 0. The Morgan fingerprint density at radius 3 is 1.45 bits per heavy atom. The van der Waals surface area contributed by atoms with Gasteiger partial charge in [0.15, 0.2) is 0 Å². The van der Waals surface area contributed by atoms with Crippen molar-refractivity contribution in [3.8, 4) is 33.8 Å². The van der Waals surface area contributed by atoms with Gasteiger partial charge in [0.25, 0.3) is 0 Å². The van der Waals surface area contributed by atoms with Crippen LogP contribution in [0.2, 0.25) is 0 Å². The second-order valence-corrected chi connectivity index (χ2v) is 8.77. The molecule has 0 saturated heterocycles. The summed E-state index contributed by atoms with van der Waals surface area (Å²) < 4.78 is 2.47. The number of aromatic nitrogens is 1. The highest BCUT2D eigenvalue weighted by Crippen LogP contribution is 2.35. The molecule has 0 atom stereocenters. The van der Waals surface area contributed by atoms with E-state index >= 15 is 0 Å². The van der Waals surface area contributed by atoms with Crippen molar-refractivity contribution in [1.82, 2.24) is 4.57 Å². The summed E-state index contributed by atoms with van der Waals surface area (Å²) in [5.41, 5.74) is 6.99. The zero-order valence-electron chi connectivity index (χ0n) is 19.0. The molecule has 1 heterocycles. The number of aromatic hydroxyl groups is 2. The van der Waals surface area contributed by atoms with Crippen LogP contribution in [-0.4, -0.2) is 14.8 Å². The molecule has 0 spiro atoms. The Morgan fingerprint density at radius 2 is 1.00 bits per heavy atom. The van der Waals surface area contributed by atoms with Crippen molar-refractivity contribution >= 4 is 21.8 Å². The van der Waals surface area contributed by atoms with Gasteiger partial charge in [0.1, 0.15) is 11.5 Å². The minimum Gasteiger partial charge on any atom is -0.508 e. The molecule has 1 aromatic heterocycles. The number of unbranched alkanes of at least 4 members (excludes halogenated alkanes) is 3. The highest BCUT2D eigenvalue weighted by Gasteiger charge is 2.13. The Kier molecular flexibility index (Phi) is 5.78. The molecule has 5 rings (SSSR count). The van der Waals surface area contributed by atoms with E-state index in [2.05, 4.69) is 47.9 Å². The average Bonchev–Trinajstić information content (AvgIpc) is 3.15. The lowest BCUT2D eigenvalue weighted by Crippen LogP contribution is -1.98. The Balaban J connectivity index is 1.65. The van der Waals surface area contributed by atoms with Gasteiger partial charge in [-0.1, -0.05) is 74.7 Å². The zero-order valence-corrected chi connectivity index (χ0v) is 19.0. The first kappa shape index (κ1) is 21.1. The Hall–Kier alpha value is -3.72. The molecule has 0 aliphatic rings. The van der Waals surface area contributed by atoms with Crippen LogP contribution in [0.3, 0.4) is 0 Å². The summed E-state index contributed by atoms with van der Waals surface area (Å²) in [6.45, 7) is 3.23. The molecule has 4 aromatic carbocycles. The standard InChI is InChI=1S/C30H29NO2/c1-2-3-4-5-18-31-29-19-23(21-6-12-25(32)13-7-21)10-16-27(29)28-17-11-24(20-30(28)31)22-8-14-26(33)15-9-22/h6-17,19-20,32-33H,2-5,18H2,1H3. The van der Waals surface area contributed by atoms with E-state index < -0.39 is 0 Å². The van der Waals surface area contributed by atoms with Crippen molar-refractivity contribution in [1.29, 1.82) is 0 Å². The van der Waals surface area contributed by atoms with Crippen molar-refractivity contribution < 1.29 is 10.2 Å². The van der Waals surface area contributed by atoms with Crippen LogP contribution >= 0.6 is 0 Å². The van der Waals surface area contributed by atoms with Crippen LogP contribution in [0.15, 0.2) is 84.9 Å². The van der Waals surface area contributed by atoms with Crippen LogP contribution in [0.25, 0.3) is 44.1 Å². The summed E-state index contributed by atoms with van der Waals surface area (Å²) in [5, 5.41) is 21.9. The molecule has 0 aliphatic heterocycles. The number of hydrogen-bond acceptors (Lipinski definition) is 2. The lowest BCUT2D eigenvalue weighted by atomic mass is 10.0. The van der Waals surface area contributed by atoms with Crippen LogP contribution in [0.5, 0.6) is 11.5 Å². The van der Waals surface area contributed by atoms with E-state index in [0.717, 1.165) is 35.2 Å². The minimum atomic E-state index is 0.284. The smallest absolute Gasteiger partial charge is 0.115 e. The molecule has 0 unspecified atom stereocenters. The van der Waals surface area contributed by atoms with Gasteiger partial charge in [-0.15, -0.1) is 0 Å². The van der Waals surface area contributed by atoms with E-state index in [1.54, 1.807) is 24.3 Å². The number of phenols is 2. The number of aryl methyl sites for hydroxylation is 1. The Bertz CT molecular complexity index is 1290. The maximum Gasteiger partial charge on any atom is 0.115 e. The highest BCUT2D eigenvalue weighted by molar-refractivity contribution is 6.10. The van der Waals surface area contributed by atoms with Gasteiger partial charge in [0.05, 0.1) is 0 Å². The van der Waals surface area contributed by atoms with E-state index in [0.29, 0.717) is 0 Å². The lowest BCUT2D eigenvalue weighted by molar-refractivity contribution is 0.475. The molecular weight excluding hydrogens is 406 g/mol. The molecule has 0 radical (unpaired) electrons. The van der Waals surface area contributed by atoms with Gasteiger partial charge >= 0.3 is 0 Å². The maximum atomic E-state index is 9.67. The van der Waals surface area contributed by atoms with Crippen molar-refractivity contribution in [3.63, 3.8) is 0 Å². The summed E-state index contributed by atoms with van der Waals surface area (Å²) >= 11 is 0. The molecular formula is C30H29NO2. The quantitative estimate of drug-likeness (QED) is 0.254. The molecule has 2 N–H and O–H groups in total. The van der Waals surface area contributed by atoms with Crippen molar-refractivity contribution in [3.05, 3.63) is 84.9 Å². The van der Waals surface area contributed by atoms with Gasteiger partial charge in [0, 0.05) is 28.4 Å². The maximum absolute atomic E-state index is 9.67. The molecule has 166 valence electrons. The molecule has 3 nitrogen and oxygen atoms in total. The fourth-order valence-corrected chi connectivity index (χ4v) is 4.70. The molecule has 0 amide bonds. The number of nitrogens with zero attached hydrogens (tertiary/aromatic N) is 1. The summed E-state index contributed by atoms with van der Waals surface area (Å²) in [4.78, 5) is 0. The number of hydrogen-bond donors (Lipinski definition) is 2. The van der Waals surface area contributed by atoms with Crippen molar-refractivity contribution in [2.75, 3.05) is 0 Å². The number of benzene rings is 4. The van der Waals surface area contributed by atoms with Gasteiger partial charge in [-0.2, -0.15) is 0 Å². The molecule has 3 heteroatoms. The van der Waals surface area contributed by atoms with Gasteiger partial charge in [0.2, 0.25) is 0 Å². The van der Waals surface area contributed by atoms with Crippen LogP contribution < -0.4 is 0 Å². The van der Waals surface area contributed by atoms with E-state index in [1.165, 1.54) is 41.1 Å². The lowest BCUT2D eigenvalue weighted by Gasteiger charge is -2.10. The van der Waals surface area contributed by atoms with Gasteiger partial charge in [-0.05, 0) is 65.1 Å². The Labute approximate surface area is 194 Å². The molecule has 0 bridgehead atoms. The topological polar surface area (TPSA) is 45.4 Å². The number of fused-ring (bicyclic) bond motifs is 3. The largest absolute Gasteiger partial charge is 0.508 e. The second-order valence-electron chi connectivity index (χ2n) is 8.77. The molecule has 0 aliphatic carbocycles. The normalized spacial score (nSPS) is 11.4. The first-order valence-electron chi connectivity index (χ1n) is 11.8. The third-order valence-corrected chi connectivity index (χ3v) is 6.50. The number of rotatable bonds is 7. The van der Waals surface area contributed by atoms with Crippen LogP contribution in [0, 0.1) is 0 Å². The third-order valence-electron chi connectivity index (χ3n) is 6.50. The monoisotopic (exact) mass is 435 g/mol. The average molecular weight is 436 g/mol. The van der Waals surface area contributed by atoms with E-state index in [1.807, 2.05) is 24.3 Å². The van der Waals surface area contributed by atoms with Gasteiger partial charge in [-0.3, -0.25) is 0 Å². The molecule has 0 saturated carbocycles. The zero-order chi connectivity index (χ0) is 22.8. The van der Waals surface area contributed by atoms with Crippen LogP contribution in [-0.2, 0) is 6.54 Å². The fourth-order valence-electron chi connectivity index (χ4n) is 4.70. The summed E-state index contributed by atoms with van der Waals surface area (Å²) in [5.74, 6) is 0.568. The van der Waals surface area contributed by atoms with E-state index in [-0.39, 0.29) is 11.5 Å². The van der Waals surface area contributed by atoms with E-state index in [4.69, 9.17) is 0 Å². The molecule has 33 heavy (non-hydrogen) atoms. The summed E-state index contributed by atoms with van der Waals surface area (Å²) in [6, 6.07) is 28.2. The summed E-state index contributed by atoms with van der Waals surface area (Å²) in [6.07, 6.45) is 4.87. The van der Waals surface area contributed by atoms with Gasteiger partial charge in [-0.25, -0.2) is 0 Å². The second kappa shape index (κ2) is 9.03. The first-order valence-corrected chi connectivity index (χ1v) is 11.8. The fraction of sp³-hybridized carbons (Fsp3) is 0.200. The van der Waals surface area contributed by atoms with Crippen molar-refractivity contribution in [2.24, 2.45) is 0 Å².